The van der Waals surface area contributed by atoms with Gasteiger partial charge in [0.1, 0.15) is 12.4 Å². The molecule has 0 aliphatic carbocycles. The van der Waals surface area contributed by atoms with E-state index in [4.69, 9.17) is 4.74 Å². The van der Waals surface area contributed by atoms with E-state index in [0.29, 0.717) is 0 Å². The van der Waals surface area contributed by atoms with Crippen LogP contribution in [0.25, 0.3) is 0 Å². The molecular formula is C8H11NO. The second kappa shape index (κ2) is 2.21. The third-order valence-electron chi connectivity index (χ3n) is 1.56. The van der Waals surface area contributed by atoms with Gasteiger partial charge in [-0.15, -0.1) is 0 Å². The monoisotopic (exact) mass is 137 g/mol. The molecule has 0 bridgehead atoms. The summed E-state index contributed by atoms with van der Waals surface area (Å²) in [7, 11) is 0. The second-order valence-corrected chi connectivity index (χ2v) is 2.27. The Morgan fingerprint density at radius 1 is 1.40 bits per heavy atom. The third kappa shape index (κ3) is 0.817. The standard InChI is InChI=1S/C8H9NO.H2/c1-2-4-8-7(3-1)9-5-6-10-8;/h1-4,9H,5-6H2;1H. The third-order valence-corrected chi connectivity index (χ3v) is 1.56. The molecule has 1 aliphatic rings. The number of hydrogen-bond acceptors (Lipinski definition) is 2. The number of ether oxygens (including phenoxy) is 1. The Morgan fingerprint density at radius 2 is 2.30 bits per heavy atom. The maximum absolute atomic E-state index is 5.36. The van der Waals surface area contributed by atoms with Gasteiger partial charge >= 0.3 is 0 Å². The molecule has 0 aromatic heterocycles. The van der Waals surface area contributed by atoms with Crippen molar-refractivity contribution in [2.24, 2.45) is 0 Å². The Hall–Kier alpha value is -1.18. The lowest BCUT2D eigenvalue weighted by atomic mass is 10.3. The molecule has 54 valence electrons. The zero-order valence-electron chi connectivity index (χ0n) is 5.63. The number of fused-ring (bicyclic) bond motifs is 1. The number of hydrogen-bond donors (Lipinski definition) is 1. The molecule has 0 amide bonds. The van der Waals surface area contributed by atoms with E-state index < -0.39 is 0 Å². The Labute approximate surface area is 61.3 Å². The number of nitrogens with one attached hydrogen (secondary N) is 1. The molecule has 10 heavy (non-hydrogen) atoms. The smallest absolute Gasteiger partial charge is 0.142 e. The number of rotatable bonds is 0. The van der Waals surface area contributed by atoms with Crippen LogP contribution in [-0.2, 0) is 0 Å². The predicted octanol–water partition coefficient (Wildman–Crippen LogP) is 1.74. The van der Waals surface area contributed by atoms with Crippen molar-refractivity contribution >= 4 is 5.69 Å². The molecule has 2 rings (SSSR count). The summed E-state index contributed by atoms with van der Waals surface area (Å²) in [5.74, 6) is 0.966. The number of benzene rings is 1. The summed E-state index contributed by atoms with van der Waals surface area (Å²) < 4.78 is 5.36. The highest BCUT2D eigenvalue weighted by atomic mass is 16.5. The maximum atomic E-state index is 5.36. The van der Waals surface area contributed by atoms with Crippen LogP contribution in [0.15, 0.2) is 24.3 Å². The molecule has 0 unspecified atom stereocenters. The minimum Gasteiger partial charge on any atom is -0.490 e. The van der Waals surface area contributed by atoms with E-state index in [1.165, 1.54) is 0 Å². The van der Waals surface area contributed by atoms with E-state index in [9.17, 15) is 0 Å². The average molecular weight is 137 g/mol. The van der Waals surface area contributed by atoms with Crippen molar-refractivity contribution in [3.8, 4) is 5.75 Å². The summed E-state index contributed by atoms with van der Waals surface area (Å²) in [6.45, 7) is 1.69. The Bertz CT molecular complexity index is 214. The van der Waals surface area contributed by atoms with Crippen molar-refractivity contribution in [3.63, 3.8) is 0 Å². The van der Waals surface area contributed by atoms with Crippen LogP contribution in [0.2, 0.25) is 0 Å². The topological polar surface area (TPSA) is 21.3 Å². The van der Waals surface area contributed by atoms with E-state index >= 15 is 0 Å². The summed E-state index contributed by atoms with van der Waals surface area (Å²) in [5.41, 5.74) is 1.11. The lowest BCUT2D eigenvalue weighted by molar-refractivity contribution is 0.323. The van der Waals surface area contributed by atoms with Crippen LogP contribution >= 0.6 is 0 Å². The Kier molecular flexibility index (Phi) is 1.24. The van der Waals surface area contributed by atoms with Crippen molar-refractivity contribution in [1.29, 1.82) is 0 Å². The van der Waals surface area contributed by atoms with Gasteiger partial charge in [-0.2, -0.15) is 0 Å². The molecule has 1 N–H and O–H groups in total. The first-order valence-corrected chi connectivity index (χ1v) is 3.42. The van der Waals surface area contributed by atoms with Gasteiger partial charge in [0.15, 0.2) is 0 Å². The van der Waals surface area contributed by atoms with Crippen molar-refractivity contribution in [3.05, 3.63) is 24.3 Å². The summed E-state index contributed by atoms with van der Waals surface area (Å²) in [6, 6.07) is 7.97. The highest BCUT2D eigenvalue weighted by Gasteiger charge is 2.05. The van der Waals surface area contributed by atoms with Gasteiger partial charge in [0.2, 0.25) is 0 Å². The second-order valence-electron chi connectivity index (χ2n) is 2.27. The maximum Gasteiger partial charge on any atom is 0.142 e. The quantitative estimate of drug-likeness (QED) is 0.588. The molecule has 0 spiro atoms. The molecule has 1 aromatic rings. The van der Waals surface area contributed by atoms with Crippen LogP contribution in [0.5, 0.6) is 5.75 Å². The molecule has 0 radical (unpaired) electrons. The SMILES string of the molecule is [HH].c1ccc2c(c1)NCCO2. The first-order valence-electron chi connectivity index (χ1n) is 3.42. The number of anilines is 1. The van der Waals surface area contributed by atoms with Crippen LogP contribution in [0.4, 0.5) is 5.69 Å². The molecule has 1 aromatic carbocycles. The van der Waals surface area contributed by atoms with Crippen LogP contribution in [0, 0.1) is 0 Å². The Balaban J connectivity index is 0.000000605. The fourth-order valence-corrected chi connectivity index (χ4v) is 1.09. The van der Waals surface area contributed by atoms with Gasteiger partial charge in [-0.1, -0.05) is 12.1 Å². The van der Waals surface area contributed by atoms with Gasteiger partial charge in [0.05, 0.1) is 5.69 Å². The van der Waals surface area contributed by atoms with Crippen LogP contribution in [0.1, 0.15) is 1.43 Å². The van der Waals surface area contributed by atoms with Crippen LogP contribution in [-0.4, -0.2) is 13.2 Å². The van der Waals surface area contributed by atoms with E-state index in [1.807, 2.05) is 24.3 Å². The minimum atomic E-state index is 0. The average Bonchev–Trinajstić information content (AvgIpc) is 2.05. The van der Waals surface area contributed by atoms with E-state index in [1.54, 1.807) is 0 Å². The first-order chi connectivity index (χ1) is 4.97. The zero-order chi connectivity index (χ0) is 6.81. The van der Waals surface area contributed by atoms with Gasteiger partial charge in [0.25, 0.3) is 0 Å². The normalized spacial score (nSPS) is 14.8. The number of para-hydroxylation sites is 2. The minimum absolute atomic E-state index is 0. The largest absolute Gasteiger partial charge is 0.490 e. The highest BCUT2D eigenvalue weighted by Crippen LogP contribution is 2.25. The molecular weight excluding hydrogens is 126 g/mol. The molecule has 0 atom stereocenters. The fraction of sp³-hybridized carbons (Fsp3) is 0.250. The van der Waals surface area contributed by atoms with Crippen molar-refractivity contribution in [2.75, 3.05) is 18.5 Å². The van der Waals surface area contributed by atoms with Crippen LogP contribution in [0.3, 0.4) is 0 Å². The van der Waals surface area contributed by atoms with Crippen molar-refractivity contribution in [2.45, 2.75) is 0 Å². The van der Waals surface area contributed by atoms with Gasteiger partial charge < -0.3 is 10.1 Å². The molecule has 0 saturated carbocycles. The van der Waals surface area contributed by atoms with Crippen molar-refractivity contribution in [1.82, 2.24) is 0 Å². The fourth-order valence-electron chi connectivity index (χ4n) is 1.09. The molecule has 2 heteroatoms. The lowest BCUT2D eigenvalue weighted by Gasteiger charge is -2.17. The zero-order valence-corrected chi connectivity index (χ0v) is 5.63. The van der Waals surface area contributed by atoms with Gasteiger partial charge in [-0.3, -0.25) is 0 Å². The lowest BCUT2D eigenvalue weighted by Crippen LogP contribution is -2.17. The van der Waals surface area contributed by atoms with E-state index in [0.717, 1.165) is 24.6 Å². The van der Waals surface area contributed by atoms with E-state index in [-0.39, 0.29) is 1.43 Å². The highest BCUT2D eigenvalue weighted by molar-refractivity contribution is 5.57. The van der Waals surface area contributed by atoms with Gasteiger partial charge in [0, 0.05) is 7.97 Å². The van der Waals surface area contributed by atoms with E-state index in [2.05, 4.69) is 5.32 Å². The molecule has 1 heterocycles. The first kappa shape index (κ1) is 5.59. The van der Waals surface area contributed by atoms with Gasteiger partial charge in [-0.25, -0.2) is 0 Å². The molecule has 2 nitrogen and oxygen atoms in total. The predicted molar refractivity (Wildman–Crippen MR) is 42.5 cm³/mol. The summed E-state index contributed by atoms with van der Waals surface area (Å²) in [4.78, 5) is 0. The van der Waals surface area contributed by atoms with Crippen LogP contribution < -0.4 is 10.1 Å². The molecule has 0 fully saturated rings. The summed E-state index contributed by atoms with van der Waals surface area (Å²) >= 11 is 0. The molecule has 0 saturated heterocycles. The van der Waals surface area contributed by atoms with Gasteiger partial charge in [-0.05, 0) is 12.1 Å². The Morgan fingerprint density at radius 3 is 3.20 bits per heavy atom. The van der Waals surface area contributed by atoms with Crippen molar-refractivity contribution < 1.29 is 6.16 Å². The summed E-state index contributed by atoms with van der Waals surface area (Å²) in [5, 5.41) is 3.24. The molecule has 1 aliphatic heterocycles. The summed E-state index contributed by atoms with van der Waals surface area (Å²) in [6.07, 6.45) is 0.